The molecule has 2 atom stereocenters. The van der Waals surface area contributed by atoms with E-state index in [4.69, 9.17) is 9.47 Å². The summed E-state index contributed by atoms with van der Waals surface area (Å²) in [6, 6.07) is 0. The third kappa shape index (κ3) is 3.43. The number of halogens is 3. The van der Waals surface area contributed by atoms with Crippen LogP contribution in [0.15, 0.2) is 0 Å². The summed E-state index contributed by atoms with van der Waals surface area (Å²) in [7, 11) is 0. The Kier molecular flexibility index (Phi) is 5.18. The SMILES string of the molecule is F[B-](F)(F)C1CCOC2(CCOC2)C1.[K+]. The molecule has 0 aromatic heterocycles. The van der Waals surface area contributed by atoms with E-state index in [1.165, 1.54) is 0 Å². The number of hydrogen-bond acceptors (Lipinski definition) is 2. The first-order valence-corrected chi connectivity index (χ1v) is 4.94. The van der Waals surface area contributed by atoms with Gasteiger partial charge in [-0.05, 0) is 6.42 Å². The fourth-order valence-electron chi connectivity index (χ4n) is 2.25. The zero-order valence-electron chi connectivity index (χ0n) is 8.85. The first kappa shape index (κ1) is 14.5. The molecule has 0 aromatic rings. The van der Waals surface area contributed by atoms with Gasteiger partial charge in [-0.3, -0.25) is 0 Å². The van der Waals surface area contributed by atoms with Gasteiger partial charge < -0.3 is 22.4 Å². The second-order valence-corrected chi connectivity index (χ2v) is 4.21. The van der Waals surface area contributed by atoms with Crippen molar-refractivity contribution >= 4 is 6.98 Å². The van der Waals surface area contributed by atoms with Gasteiger partial charge in [-0.1, -0.05) is 12.2 Å². The molecule has 2 aliphatic heterocycles. The van der Waals surface area contributed by atoms with Gasteiger partial charge in [0.25, 0.3) is 0 Å². The molecule has 0 bridgehead atoms. The second kappa shape index (κ2) is 5.37. The van der Waals surface area contributed by atoms with Crippen molar-refractivity contribution in [1.29, 1.82) is 0 Å². The molecule has 1 spiro atoms. The first-order chi connectivity index (χ1) is 6.52. The van der Waals surface area contributed by atoms with E-state index in [0.717, 1.165) is 0 Å². The van der Waals surface area contributed by atoms with Crippen molar-refractivity contribution in [3.63, 3.8) is 0 Å². The van der Waals surface area contributed by atoms with E-state index in [0.29, 0.717) is 19.6 Å². The Bertz CT molecular complexity index is 218. The number of ether oxygens (including phenoxy) is 2. The summed E-state index contributed by atoms with van der Waals surface area (Å²) in [4.78, 5) is 0. The van der Waals surface area contributed by atoms with Crippen molar-refractivity contribution < 1.29 is 73.8 Å². The predicted octanol–water partition coefficient (Wildman–Crippen LogP) is -0.822. The van der Waals surface area contributed by atoms with Crippen LogP contribution in [-0.4, -0.2) is 32.4 Å². The van der Waals surface area contributed by atoms with Crippen LogP contribution in [0.1, 0.15) is 19.3 Å². The van der Waals surface area contributed by atoms with Gasteiger partial charge in [-0.25, -0.2) is 0 Å². The first-order valence-electron chi connectivity index (χ1n) is 4.94. The number of hydrogen-bond donors (Lipinski definition) is 0. The smallest absolute Gasteiger partial charge is 0.449 e. The summed E-state index contributed by atoms with van der Waals surface area (Å²) in [6.07, 6.45) is 0.817. The molecule has 0 N–H and O–H groups in total. The molecule has 2 heterocycles. The van der Waals surface area contributed by atoms with Crippen LogP contribution in [0.4, 0.5) is 12.9 Å². The Morgan fingerprint density at radius 2 is 1.93 bits per heavy atom. The number of rotatable bonds is 1. The quantitative estimate of drug-likeness (QED) is 0.564. The van der Waals surface area contributed by atoms with Gasteiger partial charge in [0.2, 0.25) is 0 Å². The van der Waals surface area contributed by atoms with E-state index in [2.05, 4.69) is 0 Å². The Morgan fingerprint density at radius 3 is 2.47 bits per heavy atom. The van der Waals surface area contributed by atoms with E-state index in [-0.39, 0.29) is 70.8 Å². The summed E-state index contributed by atoms with van der Waals surface area (Å²) in [5, 5.41) is 0. The van der Waals surface area contributed by atoms with E-state index in [9.17, 15) is 12.9 Å². The molecular weight excluding hydrogens is 235 g/mol. The van der Waals surface area contributed by atoms with Crippen LogP contribution in [0, 0.1) is 0 Å². The van der Waals surface area contributed by atoms with Gasteiger partial charge >= 0.3 is 58.4 Å². The molecule has 15 heavy (non-hydrogen) atoms. The molecule has 2 saturated heterocycles. The van der Waals surface area contributed by atoms with Gasteiger partial charge in [0.05, 0.1) is 12.2 Å². The minimum atomic E-state index is -4.71. The van der Waals surface area contributed by atoms with Crippen LogP contribution >= 0.6 is 0 Å². The van der Waals surface area contributed by atoms with E-state index in [1.807, 2.05) is 0 Å². The van der Waals surface area contributed by atoms with E-state index in [1.54, 1.807) is 0 Å². The molecule has 7 heteroatoms. The fraction of sp³-hybridized carbons (Fsp3) is 1.00. The Hall–Kier alpha value is 1.41. The van der Waals surface area contributed by atoms with E-state index < -0.39 is 18.4 Å². The minimum absolute atomic E-state index is 0. The van der Waals surface area contributed by atoms with Crippen LogP contribution in [0.2, 0.25) is 5.82 Å². The van der Waals surface area contributed by atoms with E-state index >= 15 is 0 Å². The summed E-state index contributed by atoms with van der Waals surface area (Å²) in [5.41, 5.74) is -0.625. The molecule has 0 aliphatic carbocycles. The van der Waals surface area contributed by atoms with Crippen LogP contribution in [0.5, 0.6) is 0 Å². The molecule has 0 saturated carbocycles. The Labute approximate surface area is 130 Å². The molecule has 2 fully saturated rings. The Morgan fingerprint density at radius 1 is 1.20 bits per heavy atom. The monoisotopic (exact) mass is 248 g/mol. The van der Waals surface area contributed by atoms with Crippen LogP contribution in [0.3, 0.4) is 0 Å². The largest absolute Gasteiger partial charge is 1.00 e. The van der Waals surface area contributed by atoms with Crippen LogP contribution < -0.4 is 51.4 Å². The van der Waals surface area contributed by atoms with Crippen molar-refractivity contribution in [3.8, 4) is 0 Å². The van der Waals surface area contributed by atoms with Crippen molar-refractivity contribution in [1.82, 2.24) is 0 Å². The molecule has 2 unspecified atom stereocenters. The van der Waals surface area contributed by atoms with Gasteiger partial charge in [-0.15, -0.1) is 0 Å². The fourth-order valence-corrected chi connectivity index (χ4v) is 2.25. The van der Waals surface area contributed by atoms with Gasteiger partial charge in [-0.2, -0.15) is 0 Å². The van der Waals surface area contributed by atoms with Gasteiger partial charge in [0.1, 0.15) is 0 Å². The molecule has 0 aromatic carbocycles. The standard InChI is InChI=1S/C8H13BF3O2.K/c10-9(11,12)7-1-3-14-8(5-7)2-4-13-6-8;/h7H,1-6H2;/q-1;+1. The molecule has 0 radical (unpaired) electrons. The van der Waals surface area contributed by atoms with Gasteiger partial charge in [0.15, 0.2) is 0 Å². The maximum atomic E-state index is 12.5. The summed E-state index contributed by atoms with van der Waals surface area (Å²) < 4.78 is 48.2. The topological polar surface area (TPSA) is 18.5 Å². The molecular formula is C8H13BF3KO2. The molecule has 0 amide bonds. The maximum Gasteiger partial charge on any atom is 1.00 e. The average molecular weight is 248 g/mol. The van der Waals surface area contributed by atoms with Crippen LogP contribution in [0.25, 0.3) is 0 Å². The molecule has 2 nitrogen and oxygen atoms in total. The normalized spacial score (nSPS) is 36.6. The maximum absolute atomic E-state index is 12.5. The zero-order chi connectivity index (χ0) is 10.2. The summed E-state index contributed by atoms with van der Waals surface area (Å²) in [6.45, 7) is -3.64. The summed E-state index contributed by atoms with van der Waals surface area (Å²) >= 11 is 0. The molecule has 82 valence electrons. The van der Waals surface area contributed by atoms with Crippen LogP contribution in [-0.2, 0) is 9.47 Å². The second-order valence-electron chi connectivity index (χ2n) is 4.21. The third-order valence-electron chi connectivity index (χ3n) is 3.13. The Balaban J connectivity index is 0.00000112. The predicted molar refractivity (Wildman–Crippen MR) is 46.2 cm³/mol. The third-order valence-corrected chi connectivity index (χ3v) is 3.13. The average Bonchev–Trinajstić information content (AvgIpc) is 2.52. The van der Waals surface area contributed by atoms with Crippen molar-refractivity contribution in [2.45, 2.75) is 30.7 Å². The summed E-state index contributed by atoms with van der Waals surface area (Å²) in [5.74, 6) is -1.15. The zero-order valence-corrected chi connectivity index (χ0v) is 12.0. The molecule has 2 aliphatic rings. The molecule has 2 rings (SSSR count). The van der Waals surface area contributed by atoms with Crippen molar-refractivity contribution in [2.75, 3.05) is 19.8 Å². The van der Waals surface area contributed by atoms with Crippen molar-refractivity contribution in [3.05, 3.63) is 0 Å². The van der Waals surface area contributed by atoms with Crippen molar-refractivity contribution in [2.24, 2.45) is 0 Å². The van der Waals surface area contributed by atoms with Gasteiger partial charge in [0, 0.05) is 19.6 Å². The minimum Gasteiger partial charge on any atom is -0.449 e.